The van der Waals surface area contributed by atoms with E-state index >= 15 is 0 Å². The summed E-state index contributed by atoms with van der Waals surface area (Å²) >= 11 is 7.33. The summed E-state index contributed by atoms with van der Waals surface area (Å²) in [6.07, 6.45) is 0. The summed E-state index contributed by atoms with van der Waals surface area (Å²) < 4.78 is 13.7. The van der Waals surface area contributed by atoms with Crippen molar-refractivity contribution >= 4 is 23.4 Å². The molecule has 0 heterocycles. The summed E-state index contributed by atoms with van der Waals surface area (Å²) in [5.74, 6) is -0.266. The van der Waals surface area contributed by atoms with E-state index in [9.17, 15) is 4.39 Å². The van der Waals surface area contributed by atoms with E-state index in [1.165, 1.54) is 17.8 Å². The van der Waals surface area contributed by atoms with Gasteiger partial charge < -0.3 is 5.73 Å². The van der Waals surface area contributed by atoms with Crippen LogP contribution in [0.15, 0.2) is 52.3 Å². The van der Waals surface area contributed by atoms with Crippen molar-refractivity contribution in [1.82, 2.24) is 0 Å². The fourth-order valence-corrected chi connectivity index (χ4v) is 2.49. The first-order chi connectivity index (χ1) is 8.20. The monoisotopic (exact) mass is 267 g/mol. The average Bonchev–Trinajstić information content (AvgIpc) is 2.34. The van der Waals surface area contributed by atoms with Crippen LogP contribution >= 0.6 is 23.4 Å². The molecule has 0 fully saturated rings. The van der Waals surface area contributed by atoms with Crippen LogP contribution in [-0.2, 0) is 6.54 Å². The van der Waals surface area contributed by atoms with Crippen LogP contribution in [0.3, 0.4) is 0 Å². The van der Waals surface area contributed by atoms with E-state index in [-0.39, 0.29) is 5.82 Å². The highest BCUT2D eigenvalue weighted by Crippen LogP contribution is 2.34. The zero-order valence-electron chi connectivity index (χ0n) is 8.99. The first-order valence-electron chi connectivity index (χ1n) is 5.11. The second kappa shape index (κ2) is 5.54. The SMILES string of the molecule is NCc1ccc(Sc2ccccc2Cl)c(F)c1. The Morgan fingerprint density at radius 1 is 1.12 bits per heavy atom. The van der Waals surface area contributed by atoms with E-state index in [0.717, 1.165) is 10.5 Å². The molecule has 0 aliphatic heterocycles. The van der Waals surface area contributed by atoms with Crippen LogP contribution in [0.2, 0.25) is 5.02 Å². The normalized spacial score (nSPS) is 10.5. The highest BCUT2D eigenvalue weighted by Gasteiger charge is 2.07. The zero-order chi connectivity index (χ0) is 12.3. The molecule has 0 aliphatic carbocycles. The lowest BCUT2D eigenvalue weighted by Crippen LogP contribution is -1.96. The van der Waals surface area contributed by atoms with Crippen molar-refractivity contribution in [3.05, 3.63) is 58.9 Å². The molecule has 2 aromatic carbocycles. The third kappa shape index (κ3) is 3.00. The van der Waals surface area contributed by atoms with Gasteiger partial charge in [0.05, 0.1) is 5.02 Å². The third-order valence-corrected chi connectivity index (χ3v) is 3.86. The Bertz CT molecular complexity index is 531. The van der Waals surface area contributed by atoms with Crippen molar-refractivity contribution in [2.45, 2.75) is 16.3 Å². The standard InChI is InChI=1S/C13H11ClFNS/c14-10-3-1-2-4-12(10)17-13-6-5-9(8-16)7-11(13)15/h1-7H,8,16H2. The first kappa shape index (κ1) is 12.4. The molecule has 0 aliphatic rings. The smallest absolute Gasteiger partial charge is 0.137 e. The second-order valence-corrected chi connectivity index (χ2v) is 4.99. The van der Waals surface area contributed by atoms with Crippen molar-refractivity contribution < 1.29 is 4.39 Å². The van der Waals surface area contributed by atoms with Crippen LogP contribution in [-0.4, -0.2) is 0 Å². The number of benzene rings is 2. The van der Waals surface area contributed by atoms with Gasteiger partial charge in [-0.15, -0.1) is 0 Å². The first-order valence-corrected chi connectivity index (χ1v) is 6.31. The second-order valence-electron chi connectivity index (χ2n) is 3.50. The van der Waals surface area contributed by atoms with Gasteiger partial charge in [0.2, 0.25) is 0 Å². The van der Waals surface area contributed by atoms with Crippen LogP contribution in [0.1, 0.15) is 5.56 Å². The molecule has 0 radical (unpaired) electrons. The molecule has 2 N–H and O–H groups in total. The lowest BCUT2D eigenvalue weighted by Gasteiger charge is -2.06. The molecule has 0 saturated carbocycles. The molecule has 2 rings (SSSR count). The Hall–Kier alpha value is -1.03. The van der Waals surface area contributed by atoms with E-state index < -0.39 is 0 Å². The molecular weight excluding hydrogens is 257 g/mol. The van der Waals surface area contributed by atoms with Crippen LogP contribution < -0.4 is 5.73 Å². The molecule has 0 spiro atoms. The fraction of sp³-hybridized carbons (Fsp3) is 0.0769. The van der Waals surface area contributed by atoms with Crippen LogP contribution in [0.25, 0.3) is 0 Å². The summed E-state index contributed by atoms with van der Waals surface area (Å²) in [5.41, 5.74) is 6.23. The third-order valence-electron chi connectivity index (χ3n) is 2.29. The Morgan fingerprint density at radius 3 is 2.53 bits per heavy atom. The van der Waals surface area contributed by atoms with Gasteiger partial charge in [-0.3, -0.25) is 0 Å². The molecule has 0 saturated heterocycles. The largest absolute Gasteiger partial charge is 0.326 e. The van der Waals surface area contributed by atoms with Crippen LogP contribution in [0.4, 0.5) is 4.39 Å². The average molecular weight is 268 g/mol. The van der Waals surface area contributed by atoms with Gasteiger partial charge in [-0.1, -0.05) is 41.6 Å². The van der Waals surface area contributed by atoms with Gasteiger partial charge in [-0.2, -0.15) is 0 Å². The topological polar surface area (TPSA) is 26.0 Å². The number of rotatable bonds is 3. The molecule has 1 nitrogen and oxygen atoms in total. The van der Waals surface area contributed by atoms with Crippen molar-refractivity contribution in [3.8, 4) is 0 Å². The maximum absolute atomic E-state index is 13.7. The van der Waals surface area contributed by atoms with Gasteiger partial charge in [0.1, 0.15) is 5.82 Å². The van der Waals surface area contributed by atoms with Gasteiger partial charge >= 0.3 is 0 Å². The summed E-state index contributed by atoms with van der Waals surface area (Å²) in [6.45, 7) is 0.341. The van der Waals surface area contributed by atoms with Gasteiger partial charge in [0.25, 0.3) is 0 Å². The van der Waals surface area contributed by atoms with E-state index in [2.05, 4.69) is 0 Å². The van der Waals surface area contributed by atoms with Gasteiger partial charge in [0.15, 0.2) is 0 Å². The Labute approximate surface area is 109 Å². The minimum absolute atomic E-state index is 0.266. The summed E-state index contributed by atoms with van der Waals surface area (Å²) in [4.78, 5) is 1.39. The molecule has 2 aromatic rings. The minimum Gasteiger partial charge on any atom is -0.326 e. The Kier molecular flexibility index (Phi) is 4.05. The fourth-order valence-electron chi connectivity index (χ4n) is 1.40. The van der Waals surface area contributed by atoms with Crippen LogP contribution in [0.5, 0.6) is 0 Å². The molecule has 0 aromatic heterocycles. The van der Waals surface area contributed by atoms with Gasteiger partial charge in [-0.05, 0) is 29.8 Å². The lowest BCUT2D eigenvalue weighted by molar-refractivity contribution is 0.599. The number of hydrogen-bond donors (Lipinski definition) is 1. The summed E-state index contributed by atoms with van der Waals surface area (Å²) in [6, 6.07) is 12.4. The molecule has 0 unspecified atom stereocenters. The highest BCUT2D eigenvalue weighted by atomic mass is 35.5. The number of hydrogen-bond acceptors (Lipinski definition) is 2. The molecule has 0 bridgehead atoms. The Balaban J connectivity index is 2.28. The number of nitrogens with two attached hydrogens (primary N) is 1. The van der Waals surface area contributed by atoms with Gasteiger partial charge in [0, 0.05) is 16.3 Å². The quantitative estimate of drug-likeness (QED) is 0.906. The van der Waals surface area contributed by atoms with Crippen molar-refractivity contribution in [1.29, 1.82) is 0 Å². The van der Waals surface area contributed by atoms with Crippen LogP contribution in [0, 0.1) is 5.82 Å². The predicted molar refractivity (Wildman–Crippen MR) is 69.9 cm³/mol. The molecule has 17 heavy (non-hydrogen) atoms. The maximum atomic E-state index is 13.7. The zero-order valence-corrected chi connectivity index (χ0v) is 10.6. The van der Waals surface area contributed by atoms with E-state index in [1.54, 1.807) is 12.1 Å². The summed E-state index contributed by atoms with van der Waals surface area (Å²) in [5, 5.41) is 0.625. The molecule has 88 valence electrons. The molecule has 0 amide bonds. The van der Waals surface area contributed by atoms with Crippen molar-refractivity contribution in [2.24, 2.45) is 5.73 Å². The lowest BCUT2D eigenvalue weighted by atomic mass is 10.2. The predicted octanol–water partition coefficient (Wildman–Crippen LogP) is 4.09. The van der Waals surface area contributed by atoms with Crippen molar-refractivity contribution in [3.63, 3.8) is 0 Å². The Morgan fingerprint density at radius 2 is 1.88 bits per heavy atom. The van der Waals surface area contributed by atoms with E-state index in [4.69, 9.17) is 17.3 Å². The van der Waals surface area contributed by atoms with E-state index in [1.807, 2.05) is 24.3 Å². The molecular formula is C13H11ClFNS. The summed E-state index contributed by atoms with van der Waals surface area (Å²) in [7, 11) is 0. The maximum Gasteiger partial charge on any atom is 0.137 e. The van der Waals surface area contributed by atoms with Crippen molar-refractivity contribution in [2.75, 3.05) is 0 Å². The highest BCUT2D eigenvalue weighted by molar-refractivity contribution is 7.99. The minimum atomic E-state index is -0.266. The number of halogens is 2. The van der Waals surface area contributed by atoms with E-state index in [0.29, 0.717) is 16.5 Å². The molecule has 0 atom stereocenters. The van der Waals surface area contributed by atoms with Gasteiger partial charge in [-0.25, -0.2) is 4.39 Å². The molecule has 4 heteroatoms.